The fourth-order valence-corrected chi connectivity index (χ4v) is 1.29. The van der Waals surface area contributed by atoms with Gasteiger partial charge in [0, 0.05) is 6.20 Å². The van der Waals surface area contributed by atoms with Crippen LogP contribution in [0.5, 0.6) is 0 Å². The van der Waals surface area contributed by atoms with Gasteiger partial charge in [-0.3, -0.25) is 9.79 Å². The highest BCUT2D eigenvalue weighted by molar-refractivity contribution is 9.12. The maximum atomic E-state index is 10.9. The summed E-state index contributed by atoms with van der Waals surface area (Å²) in [5.74, 6) is 0. The van der Waals surface area contributed by atoms with Crippen molar-refractivity contribution in [3.05, 3.63) is 10.7 Å². The van der Waals surface area contributed by atoms with Crippen LogP contribution in [0.3, 0.4) is 0 Å². The molecule has 0 aromatic heterocycles. The van der Waals surface area contributed by atoms with Gasteiger partial charge in [0.1, 0.15) is 6.29 Å². The molecule has 0 aromatic rings. The zero-order valence-electron chi connectivity index (χ0n) is 6.99. The number of carbonyl (C=O) groups is 2. The van der Waals surface area contributed by atoms with Crippen LogP contribution in [0.2, 0.25) is 0 Å². The number of aldehydes is 1. The lowest BCUT2D eigenvalue weighted by molar-refractivity contribution is -0.107. The highest BCUT2D eigenvalue weighted by Crippen LogP contribution is 2.11. The van der Waals surface area contributed by atoms with E-state index < -0.39 is 0 Å². The van der Waals surface area contributed by atoms with E-state index in [1.54, 1.807) is 6.26 Å². The van der Waals surface area contributed by atoms with Gasteiger partial charge in [0.05, 0.1) is 17.4 Å². The van der Waals surface area contributed by atoms with Crippen LogP contribution < -0.4 is 5.32 Å². The summed E-state index contributed by atoms with van der Waals surface area (Å²) in [5, 5.41) is 2.57. The first-order valence-electron chi connectivity index (χ1n) is 3.34. The molecule has 0 heterocycles. The minimum Gasteiger partial charge on any atom is -0.352 e. The number of hydrogen-bond donors (Lipinski definition) is 1. The monoisotopic (exact) mass is 264 g/mol. The van der Waals surface area contributed by atoms with Crippen molar-refractivity contribution in [3.63, 3.8) is 0 Å². The van der Waals surface area contributed by atoms with Crippen molar-refractivity contribution < 1.29 is 9.59 Å². The number of rotatable bonds is 5. The Morgan fingerprint density at radius 2 is 2.38 bits per heavy atom. The van der Waals surface area contributed by atoms with E-state index >= 15 is 0 Å². The van der Waals surface area contributed by atoms with E-state index in [-0.39, 0.29) is 11.7 Å². The molecule has 0 unspecified atom stereocenters. The Hall–Kier alpha value is -0.620. The van der Waals surface area contributed by atoms with Gasteiger partial charge in [0.2, 0.25) is 5.12 Å². The number of carbonyl (C=O) groups excluding carboxylic acids is 2. The van der Waals surface area contributed by atoms with Gasteiger partial charge in [-0.1, -0.05) is 11.8 Å². The third kappa shape index (κ3) is 6.53. The van der Waals surface area contributed by atoms with Gasteiger partial charge in [0.15, 0.2) is 0 Å². The average Bonchev–Trinajstić information content (AvgIpc) is 2.16. The maximum absolute atomic E-state index is 10.9. The smallest absolute Gasteiger partial charge is 0.227 e. The number of halogens is 1. The fourth-order valence-electron chi connectivity index (χ4n) is 0.415. The van der Waals surface area contributed by atoms with Gasteiger partial charge in [-0.05, 0) is 22.2 Å². The van der Waals surface area contributed by atoms with Crippen molar-refractivity contribution in [3.8, 4) is 0 Å². The summed E-state index contributed by atoms with van der Waals surface area (Å²) in [6.45, 7) is 0.120. The third-order valence-corrected chi connectivity index (χ3v) is 2.38. The number of nitrogens with zero attached hydrogens (tertiary/aromatic N) is 1. The Balaban J connectivity index is 3.83. The Morgan fingerprint density at radius 3 is 2.92 bits per heavy atom. The fraction of sp³-hybridized carbons (Fsp3) is 0.286. The van der Waals surface area contributed by atoms with Gasteiger partial charge in [0.25, 0.3) is 0 Å². The molecule has 1 N–H and O–H groups in total. The molecular formula is C7H9BrN2O2S. The standard InChI is InChI=1S/C7H9BrN2O2S/c1-13-7(12)6(8)4-10-5-9-2-3-11/h3-5H,2H2,1H3,(H,9,10)/b6-4+. The lowest BCUT2D eigenvalue weighted by atomic mass is 10.6. The zero-order valence-corrected chi connectivity index (χ0v) is 9.39. The van der Waals surface area contributed by atoms with Crippen molar-refractivity contribution >= 4 is 45.4 Å². The van der Waals surface area contributed by atoms with Crippen LogP contribution in [0.25, 0.3) is 0 Å². The second-order valence-corrected chi connectivity index (χ2v) is 3.44. The molecule has 0 spiro atoms. The molecule has 0 aromatic carbocycles. The molecule has 0 fully saturated rings. The molecule has 0 saturated carbocycles. The van der Waals surface area contributed by atoms with Gasteiger partial charge in [-0.25, -0.2) is 0 Å². The Bertz CT molecular complexity index is 241. The topological polar surface area (TPSA) is 58.5 Å². The molecule has 0 atom stereocenters. The summed E-state index contributed by atoms with van der Waals surface area (Å²) in [7, 11) is 0. The molecule has 0 aliphatic carbocycles. The van der Waals surface area contributed by atoms with Crippen LogP contribution in [0.15, 0.2) is 15.7 Å². The summed E-state index contributed by atoms with van der Waals surface area (Å²) < 4.78 is 0.428. The minimum absolute atomic E-state index is 0.0729. The van der Waals surface area contributed by atoms with Gasteiger partial charge in [-0.15, -0.1) is 0 Å². The highest BCUT2D eigenvalue weighted by Gasteiger charge is 2.01. The van der Waals surface area contributed by atoms with E-state index in [0.29, 0.717) is 10.8 Å². The number of thioether (sulfide) groups is 1. The Labute approximate surface area is 89.0 Å². The van der Waals surface area contributed by atoms with Crippen molar-refractivity contribution in [1.82, 2.24) is 5.32 Å². The van der Waals surface area contributed by atoms with Gasteiger partial charge >= 0.3 is 0 Å². The lowest BCUT2D eigenvalue weighted by Crippen LogP contribution is -2.04. The first-order valence-corrected chi connectivity index (χ1v) is 5.36. The third-order valence-electron chi connectivity index (χ3n) is 0.936. The van der Waals surface area contributed by atoms with E-state index in [4.69, 9.17) is 0 Å². The molecule has 0 saturated heterocycles. The molecule has 13 heavy (non-hydrogen) atoms. The van der Waals surface area contributed by atoms with E-state index in [0.717, 1.165) is 11.8 Å². The maximum Gasteiger partial charge on any atom is 0.227 e. The first-order chi connectivity index (χ1) is 6.22. The molecule has 0 aliphatic heterocycles. The Morgan fingerprint density at radius 1 is 1.69 bits per heavy atom. The van der Waals surface area contributed by atoms with E-state index in [1.165, 1.54) is 12.5 Å². The van der Waals surface area contributed by atoms with E-state index in [2.05, 4.69) is 26.2 Å². The second-order valence-electron chi connectivity index (χ2n) is 1.81. The predicted octanol–water partition coefficient (Wildman–Crippen LogP) is 0.929. The van der Waals surface area contributed by atoms with Gasteiger partial charge < -0.3 is 10.1 Å². The quantitative estimate of drug-likeness (QED) is 0.348. The second kappa shape index (κ2) is 8.00. The number of hydrogen-bond acceptors (Lipinski definition) is 4. The van der Waals surface area contributed by atoms with Crippen molar-refractivity contribution in [1.29, 1.82) is 0 Å². The summed E-state index contributed by atoms with van der Waals surface area (Å²) in [4.78, 5) is 24.4. The van der Waals surface area contributed by atoms with Gasteiger partial charge in [-0.2, -0.15) is 0 Å². The summed E-state index contributed by atoms with van der Waals surface area (Å²) in [6, 6.07) is 0. The number of aliphatic imine (C=N–C) groups is 1. The zero-order chi connectivity index (χ0) is 10.1. The van der Waals surface area contributed by atoms with E-state index in [1.807, 2.05) is 0 Å². The number of nitrogens with one attached hydrogen (secondary N) is 1. The molecule has 4 nitrogen and oxygen atoms in total. The van der Waals surface area contributed by atoms with Crippen molar-refractivity contribution in [2.24, 2.45) is 4.99 Å². The van der Waals surface area contributed by atoms with Crippen LogP contribution in [0.1, 0.15) is 0 Å². The normalized spacial score (nSPS) is 11.7. The van der Waals surface area contributed by atoms with Crippen LogP contribution in [0, 0.1) is 0 Å². The van der Waals surface area contributed by atoms with E-state index in [9.17, 15) is 9.59 Å². The summed E-state index contributed by atoms with van der Waals surface area (Å²) in [6.07, 6.45) is 5.19. The molecule has 6 heteroatoms. The Kier molecular flexibility index (Phi) is 7.62. The predicted molar refractivity (Wildman–Crippen MR) is 58.1 cm³/mol. The first kappa shape index (κ1) is 12.4. The molecule has 0 radical (unpaired) electrons. The molecule has 0 rings (SSSR count). The molecular weight excluding hydrogens is 256 g/mol. The van der Waals surface area contributed by atoms with Crippen LogP contribution in [0.4, 0.5) is 0 Å². The van der Waals surface area contributed by atoms with Crippen molar-refractivity contribution in [2.75, 3.05) is 12.8 Å². The summed E-state index contributed by atoms with van der Waals surface area (Å²) >= 11 is 4.18. The largest absolute Gasteiger partial charge is 0.352 e. The van der Waals surface area contributed by atoms with Crippen LogP contribution >= 0.6 is 27.7 Å². The van der Waals surface area contributed by atoms with Crippen LogP contribution in [-0.4, -0.2) is 30.5 Å². The lowest BCUT2D eigenvalue weighted by Gasteiger charge is -1.93. The molecule has 0 bridgehead atoms. The minimum atomic E-state index is -0.0729. The molecule has 0 amide bonds. The SMILES string of the molecule is CSC(=O)/C(Br)=C\NC=NCC=O. The highest BCUT2D eigenvalue weighted by atomic mass is 79.9. The van der Waals surface area contributed by atoms with Crippen LogP contribution in [-0.2, 0) is 9.59 Å². The van der Waals surface area contributed by atoms with Crippen molar-refractivity contribution in [2.45, 2.75) is 0 Å². The average molecular weight is 265 g/mol. The molecule has 72 valence electrons. The summed E-state index contributed by atoms with van der Waals surface area (Å²) in [5.41, 5.74) is 0. The molecule has 0 aliphatic rings.